The van der Waals surface area contributed by atoms with Crippen molar-refractivity contribution >= 4 is 22.0 Å². The van der Waals surface area contributed by atoms with Gasteiger partial charge in [-0.2, -0.15) is 4.99 Å². The van der Waals surface area contributed by atoms with Crippen LogP contribution < -0.4 is 4.74 Å². The smallest absolute Gasteiger partial charge is 0.235 e. The van der Waals surface area contributed by atoms with Crippen LogP contribution in [0.15, 0.2) is 15.5 Å². The quantitative estimate of drug-likeness (QED) is 0.690. The first-order valence-electron chi connectivity index (χ1n) is 4.90. The van der Waals surface area contributed by atoms with Crippen LogP contribution in [-0.2, 0) is 10.3 Å². The summed E-state index contributed by atoms with van der Waals surface area (Å²) in [5, 5.41) is 9.51. The van der Waals surface area contributed by atoms with Crippen LogP contribution in [0.4, 0.5) is 4.39 Å². The van der Waals surface area contributed by atoms with Gasteiger partial charge in [0.25, 0.3) is 0 Å². The maximum Gasteiger partial charge on any atom is 0.235 e. The van der Waals surface area contributed by atoms with Crippen LogP contribution in [0.2, 0.25) is 0 Å². The number of halogens is 2. The van der Waals surface area contributed by atoms with Gasteiger partial charge >= 0.3 is 0 Å². The van der Waals surface area contributed by atoms with Gasteiger partial charge in [-0.25, -0.2) is 9.18 Å². The van der Waals surface area contributed by atoms with Gasteiger partial charge in [-0.3, -0.25) is 0 Å². The number of rotatable bonds is 3. The average Bonchev–Trinajstić information content (AvgIpc) is 2.98. The summed E-state index contributed by atoms with van der Waals surface area (Å²) in [6, 6.07) is 1.33. The van der Waals surface area contributed by atoms with Gasteiger partial charge in [-0.15, -0.1) is 0 Å². The number of nitrogens with zero attached hydrogens (tertiary/aromatic N) is 1. The largest absolute Gasteiger partial charge is 0.504 e. The fourth-order valence-corrected chi connectivity index (χ4v) is 2.59. The topological polar surface area (TPSA) is 58.9 Å². The lowest BCUT2D eigenvalue weighted by molar-refractivity contribution is 0.347. The predicted octanol–water partition coefficient (Wildman–Crippen LogP) is 2.63. The molecule has 1 aromatic rings. The molecule has 0 spiro atoms. The highest BCUT2D eigenvalue weighted by Crippen LogP contribution is 2.54. The molecule has 1 saturated carbocycles. The van der Waals surface area contributed by atoms with E-state index in [0.717, 1.165) is 0 Å². The lowest BCUT2D eigenvalue weighted by Gasteiger charge is -2.15. The first-order valence-corrected chi connectivity index (χ1v) is 5.69. The number of ether oxygens (including phenoxy) is 1. The van der Waals surface area contributed by atoms with E-state index in [9.17, 15) is 14.3 Å². The van der Waals surface area contributed by atoms with Gasteiger partial charge in [0.15, 0.2) is 17.3 Å². The van der Waals surface area contributed by atoms with Crippen LogP contribution in [0.25, 0.3) is 0 Å². The third kappa shape index (κ3) is 1.83. The molecule has 0 atom stereocenters. The van der Waals surface area contributed by atoms with Gasteiger partial charge < -0.3 is 9.84 Å². The molecule has 0 amide bonds. The van der Waals surface area contributed by atoms with E-state index >= 15 is 0 Å². The highest BCUT2D eigenvalue weighted by Gasteiger charge is 2.49. The SMILES string of the molecule is COc1c(O)cc(Br)c(C2(N=C=O)CC2)c1F. The third-order valence-electron chi connectivity index (χ3n) is 2.81. The minimum atomic E-state index is -0.856. The van der Waals surface area contributed by atoms with Gasteiger partial charge in [-0.1, -0.05) is 15.9 Å². The molecular formula is C11H9BrFNO3. The van der Waals surface area contributed by atoms with E-state index in [4.69, 9.17) is 4.74 Å². The molecule has 1 fully saturated rings. The Labute approximate surface area is 105 Å². The van der Waals surface area contributed by atoms with Crippen molar-refractivity contribution in [2.75, 3.05) is 7.11 Å². The second-order valence-corrected chi connectivity index (χ2v) is 4.69. The summed E-state index contributed by atoms with van der Waals surface area (Å²) in [5.74, 6) is -1.24. The van der Waals surface area contributed by atoms with Gasteiger partial charge in [0.2, 0.25) is 6.08 Å². The molecule has 1 N–H and O–H groups in total. The third-order valence-corrected chi connectivity index (χ3v) is 3.43. The maximum atomic E-state index is 14.1. The van der Waals surface area contributed by atoms with Crippen LogP contribution in [-0.4, -0.2) is 18.3 Å². The van der Waals surface area contributed by atoms with Crippen molar-refractivity contribution in [3.8, 4) is 11.5 Å². The van der Waals surface area contributed by atoms with E-state index in [-0.39, 0.29) is 17.1 Å². The molecule has 2 rings (SSSR count). The Morgan fingerprint density at radius 3 is 2.76 bits per heavy atom. The zero-order valence-electron chi connectivity index (χ0n) is 8.96. The number of aromatic hydroxyl groups is 1. The predicted molar refractivity (Wildman–Crippen MR) is 61.4 cm³/mol. The lowest BCUT2D eigenvalue weighted by Crippen LogP contribution is -2.08. The number of phenolic OH excluding ortho intramolecular Hbond substituents is 1. The summed E-state index contributed by atoms with van der Waals surface area (Å²) in [6.07, 6.45) is 2.61. The monoisotopic (exact) mass is 301 g/mol. The minimum absolute atomic E-state index is 0.232. The molecule has 1 aliphatic rings. The first-order chi connectivity index (χ1) is 8.05. The van der Waals surface area contributed by atoms with Gasteiger partial charge in [0.1, 0.15) is 5.54 Å². The van der Waals surface area contributed by atoms with Crippen molar-refractivity contribution in [1.29, 1.82) is 0 Å². The molecule has 0 aromatic heterocycles. The van der Waals surface area contributed by atoms with Crippen LogP contribution >= 0.6 is 15.9 Å². The summed E-state index contributed by atoms with van der Waals surface area (Å²) < 4.78 is 19.3. The molecule has 0 bridgehead atoms. The zero-order chi connectivity index (χ0) is 12.6. The zero-order valence-corrected chi connectivity index (χ0v) is 10.5. The van der Waals surface area contributed by atoms with E-state index in [2.05, 4.69) is 20.9 Å². The van der Waals surface area contributed by atoms with Crippen molar-refractivity contribution in [2.45, 2.75) is 18.4 Å². The molecule has 0 unspecified atom stereocenters. The molecule has 0 saturated heterocycles. The van der Waals surface area contributed by atoms with Crippen molar-refractivity contribution in [2.24, 2.45) is 4.99 Å². The molecule has 6 heteroatoms. The highest BCUT2D eigenvalue weighted by atomic mass is 79.9. The second kappa shape index (κ2) is 4.13. The van der Waals surface area contributed by atoms with Gasteiger partial charge in [-0.05, 0) is 18.9 Å². The van der Waals surface area contributed by atoms with Gasteiger partial charge in [0.05, 0.1) is 7.11 Å². The summed E-state index contributed by atoms with van der Waals surface area (Å²) in [7, 11) is 1.26. The molecule has 0 heterocycles. The highest BCUT2D eigenvalue weighted by molar-refractivity contribution is 9.10. The molecular weight excluding hydrogens is 293 g/mol. The number of carbonyl (C=O) groups excluding carboxylic acids is 1. The standard InChI is InChI=1S/C11H9BrFNO3/c1-17-10-7(16)4-6(12)8(9(10)13)11(2-3-11)14-5-15/h4,16H,2-3H2,1H3. The average molecular weight is 302 g/mol. The number of methoxy groups -OCH3 is 1. The Balaban J connectivity index is 2.66. The van der Waals surface area contributed by atoms with Crippen molar-refractivity contribution in [3.63, 3.8) is 0 Å². The van der Waals surface area contributed by atoms with Crippen molar-refractivity contribution in [3.05, 3.63) is 21.9 Å². The number of aliphatic imine (C=N–C) groups is 1. The van der Waals surface area contributed by atoms with Crippen LogP contribution in [0.3, 0.4) is 0 Å². The Kier molecular flexibility index (Phi) is 2.93. The fraction of sp³-hybridized carbons (Fsp3) is 0.364. The van der Waals surface area contributed by atoms with Crippen LogP contribution in [0.5, 0.6) is 11.5 Å². The van der Waals surface area contributed by atoms with E-state index in [1.807, 2.05) is 0 Å². The van der Waals surface area contributed by atoms with Crippen LogP contribution in [0, 0.1) is 5.82 Å². The Bertz CT molecular complexity index is 522. The summed E-state index contributed by atoms with van der Waals surface area (Å²) in [6.45, 7) is 0. The summed E-state index contributed by atoms with van der Waals surface area (Å²) >= 11 is 3.16. The molecule has 4 nitrogen and oxygen atoms in total. The molecule has 1 aromatic carbocycles. The van der Waals surface area contributed by atoms with E-state index in [1.165, 1.54) is 19.3 Å². The summed E-state index contributed by atoms with van der Waals surface area (Å²) in [4.78, 5) is 14.0. The van der Waals surface area contributed by atoms with E-state index in [1.54, 1.807) is 0 Å². The lowest BCUT2D eigenvalue weighted by atomic mass is 10.0. The first kappa shape index (κ1) is 12.1. The Morgan fingerprint density at radius 1 is 1.65 bits per heavy atom. The van der Waals surface area contributed by atoms with Gasteiger partial charge in [0, 0.05) is 10.0 Å². The molecule has 0 aliphatic heterocycles. The molecule has 17 heavy (non-hydrogen) atoms. The number of isocyanates is 1. The number of benzene rings is 1. The Hall–Kier alpha value is -1.39. The number of hydrogen-bond acceptors (Lipinski definition) is 4. The molecule has 0 radical (unpaired) electrons. The van der Waals surface area contributed by atoms with E-state index < -0.39 is 11.4 Å². The number of phenols is 1. The molecule has 90 valence electrons. The fourth-order valence-electron chi connectivity index (χ4n) is 1.83. The molecule has 1 aliphatic carbocycles. The summed E-state index contributed by atoms with van der Waals surface area (Å²) in [5.41, 5.74) is -0.624. The minimum Gasteiger partial charge on any atom is -0.504 e. The maximum absolute atomic E-state index is 14.1. The second-order valence-electron chi connectivity index (χ2n) is 3.83. The van der Waals surface area contributed by atoms with E-state index in [0.29, 0.717) is 17.3 Å². The van der Waals surface area contributed by atoms with Crippen LogP contribution in [0.1, 0.15) is 18.4 Å². The van der Waals surface area contributed by atoms with Crippen molar-refractivity contribution < 1.29 is 19.0 Å². The van der Waals surface area contributed by atoms with Crippen molar-refractivity contribution in [1.82, 2.24) is 0 Å². The normalized spacial score (nSPS) is 16.2. The Morgan fingerprint density at radius 2 is 2.29 bits per heavy atom. The number of hydrogen-bond donors (Lipinski definition) is 1.